The minimum atomic E-state index is -0.656. The van der Waals surface area contributed by atoms with Crippen molar-refractivity contribution in [3.63, 3.8) is 0 Å². The van der Waals surface area contributed by atoms with Gasteiger partial charge in [0.05, 0.1) is 5.92 Å². The molecule has 1 N–H and O–H groups in total. The van der Waals surface area contributed by atoms with Crippen molar-refractivity contribution in [3.8, 4) is 0 Å². The summed E-state index contributed by atoms with van der Waals surface area (Å²) in [5.41, 5.74) is 1.30. The van der Waals surface area contributed by atoms with Gasteiger partial charge in [-0.05, 0) is 43.4 Å². The number of piperidine rings is 1. The van der Waals surface area contributed by atoms with E-state index in [1.165, 1.54) is 5.56 Å². The zero-order valence-electron chi connectivity index (χ0n) is 12.1. The summed E-state index contributed by atoms with van der Waals surface area (Å²) in [6, 6.07) is 8.84. The van der Waals surface area contributed by atoms with Gasteiger partial charge in [0.1, 0.15) is 0 Å². The molecule has 1 aliphatic rings. The van der Waals surface area contributed by atoms with Crippen LogP contribution in [0.5, 0.6) is 0 Å². The largest absolute Gasteiger partial charge is 0.481 e. The fraction of sp³-hybridized carbons (Fsp3) is 0.562. The van der Waals surface area contributed by atoms with Crippen LogP contribution in [0, 0.1) is 5.92 Å². The number of aliphatic carboxylic acids is 1. The van der Waals surface area contributed by atoms with Crippen molar-refractivity contribution in [2.75, 3.05) is 13.1 Å². The molecule has 3 nitrogen and oxygen atoms in total. The molecule has 1 heterocycles. The smallest absolute Gasteiger partial charge is 0.307 e. The summed E-state index contributed by atoms with van der Waals surface area (Å²) in [5, 5.41) is 9.20. The zero-order chi connectivity index (χ0) is 14.7. The van der Waals surface area contributed by atoms with E-state index < -0.39 is 5.97 Å². The quantitative estimate of drug-likeness (QED) is 0.908. The van der Waals surface area contributed by atoms with Crippen LogP contribution in [0.15, 0.2) is 28.7 Å². The molecule has 2 rings (SSSR count). The van der Waals surface area contributed by atoms with Gasteiger partial charge in [0, 0.05) is 23.6 Å². The maximum Gasteiger partial charge on any atom is 0.307 e. The maximum absolute atomic E-state index is 11.2. The maximum atomic E-state index is 11.2. The summed E-state index contributed by atoms with van der Waals surface area (Å²) >= 11 is 3.50. The number of carboxylic acids is 1. The molecule has 20 heavy (non-hydrogen) atoms. The molecular formula is C16H22BrNO2. The molecule has 4 heteroatoms. The summed E-state index contributed by atoms with van der Waals surface area (Å²) in [6.07, 6.45) is 1.78. The van der Waals surface area contributed by atoms with Gasteiger partial charge in [-0.1, -0.05) is 35.0 Å². The molecule has 1 aromatic carbocycles. The number of rotatable bonds is 4. The molecule has 0 bridgehead atoms. The summed E-state index contributed by atoms with van der Waals surface area (Å²) in [6.45, 7) is 6.00. The Kier molecular flexibility index (Phi) is 5.22. The van der Waals surface area contributed by atoms with Crippen molar-refractivity contribution >= 4 is 21.9 Å². The molecule has 0 aromatic heterocycles. The Labute approximate surface area is 129 Å². The average molecular weight is 340 g/mol. The fourth-order valence-corrected chi connectivity index (χ4v) is 3.32. The van der Waals surface area contributed by atoms with Gasteiger partial charge in [-0.25, -0.2) is 0 Å². The lowest BCUT2D eigenvalue weighted by atomic mass is 9.91. The van der Waals surface area contributed by atoms with Crippen molar-refractivity contribution in [2.45, 2.75) is 38.6 Å². The number of hydrogen-bond acceptors (Lipinski definition) is 2. The number of likely N-dealkylation sites (tertiary alicyclic amines) is 1. The normalized spacial score (nSPS) is 25.4. The van der Waals surface area contributed by atoms with Crippen molar-refractivity contribution in [3.05, 3.63) is 34.3 Å². The molecule has 1 fully saturated rings. The van der Waals surface area contributed by atoms with Crippen LogP contribution in [0.25, 0.3) is 0 Å². The second-order valence-corrected chi connectivity index (χ2v) is 6.79. The molecule has 1 aliphatic heterocycles. The highest BCUT2D eigenvalue weighted by molar-refractivity contribution is 9.10. The summed E-state index contributed by atoms with van der Waals surface area (Å²) in [7, 11) is 0. The van der Waals surface area contributed by atoms with E-state index in [1.54, 1.807) is 0 Å². The van der Waals surface area contributed by atoms with E-state index in [2.05, 4.69) is 52.9 Å². The van der Waals surface area contributed by atoms with Crippen LogP contribution < -0.4 is 0 Å². The van der Waals surface area contributed by atoms with Gasteiger partial charge in [0.15, 0.2) is 0 Å². The van der Waals surface area contributed by atoms with Gasteiger partial charge in [0.25, 0.3) is 0 Å². The Morgan fingerprint density at radius 1 is 1.50 bits per heavy atom. The highest BCUT2D eigenvalue weighted by Crippen LogP contribution is 2.26. The van der Waals surface area contributed by atoms with Crippen molar-refractivity contribution < 1.29 is 9.90 Å². The SMILES string of the molecule is CC(CN1CC(C(=O)O)CCC1C)c1cccc(Br)c1. The first-order valence-corrected chi connectivity index (χ1v) is 7.99. The molecule has 3 unspecified atom stereocenters. The molecule has 0 spiro atoms. The second kappa shape index (κ2) is 6.72. The summed E-state index contributed by atoms with van der Waals surface area (Å²) < 4.78 is 1.09. The number of hydrogen-bond donors (Lipinski definition) is 1. The minimum Gasteiger partial charge on any atom is -0.481 e. The van der Waals surface area contributed by atoms with Gasteiger partial charge < -0.3 is 5.11 Å². The standard InChI is InChI=1S/C16H22BrNO2/c1-11(13-4-3-5-15(17)8-13)9-18-10-14(16(19)20)7-6-12(18)2/h3-5,8,11-12,14H,6-7,9-10H2,1-2H3,(H,19,20). The molecule has 0 saturated carbocycles. The third-order valence-electron chi connectivity index (χ3n) is 4.29. The molecular weight excluding hydrogens is 318 g/mol. The summed E-state index contributed by atoms with van der Waals surface area (Å²) in [5.74, 6) is -0.458. The Balaban J connectivity index is 2.02. The predicted molar refractivity (Wildman–Crippen MR) is 84.0 cm³/mol. The lowest BCUT2D eigenvalue weighted by molar-refractivity contribution is -0.144. The van der Waals surface area contributed by atoms with E-state index in [0.717, 1.165) is 23.9 Å². The third kappa shape index (κ3) is 3.83. The van der Waals surface area contributed by atoms with Crippen LogP contribution in [0.4, 0.5) is 0 Å². The molecule has 0 radical (unpaired) electrons. The van der Waals surface area contributed by atoms with E-state index in [-0.39, 0.29) is 5.92 Å². The van der Waals surface area contributed by atoms with E-state index in [1.807, 2.05) is 6.07 Å². The van der Waals surface area contributed by atoms with Gasteiger partial charge >= 0.3 is 5.97 Å². The van der Waals surface area contributed by atoms with Crippen LogP contribution in [0.3, 0.4) is 0 Å². The Bertz CT molecular complexity index is 477. The first-order valence-electron chi connectivity index (χ1n) is 7.19. The van der Waals surface area contributed by atoms with Gasteiger partial charge in [-0.2, -0.15) is 0 Å². The first kappa shape index (κ1) is 15.5. The van der Waals surface area contributed by atoms with E-state index >= 15 is 0 Å². The lowest BCUT2D eigenvalue weighted by Gasteiger charge is -2.38. The molecule has 1 saturated heterocycles. The van der Waals surface area contributed by atoms with Crippen LogP contribution in [-0.2, 0) is 4.79 Å². The van der Waals surface area contributed by atoms with E-state index in [9.17, 15) is 9.90 Å². The fourth-order valence-electron chi connectivity index (χ4n) is 2.91. The van der Waals surface area contributed by atoms with Gasteiger partial charge in [0.2, 0.25) is 0 Å². The van der Waals surface area contributed by atoms with Crippen molar-refractivity contribution in [2.24, 2.45) is 5.92 Å². The number of halogens is 1. The molecule has 0 amide bonds. The molecule has 3 atom stereocenters. The zero-order valence-corrected chi connectivity index (χ0v) is 13.6. The van der Waals surface area contributed by atoms with Crippen molar-refractivity contribution in [1.82, 2.24) is 4.90 Å². The van der Waals surface area contributed by atoms with Crippen LogP contribution >= 0.6 is 15.9 Å². The Morgan fingerprint density at radius 2 is 2.25 bits per heavy atom. The Morgan fingerprint density at radius 3 is 2.90 bits per heavy atom. The van der Waals surface area contributed by atoms with Crippen molar-refractivity contribution in [1.29, 1.82) is 0 Å². The van der Waals surface area contributed by atoms with Gasteiger partial charge in [-0.15, -0.1) is 0 Å². The number of nitrogens with zero attached hydrogens (tertiary/aromatic N) is 1. The van der Waals surface area contributed by atoms with E-state index in [0.29, 0.717) is 18.5 Å². The van der Waals surface area contributed by atoms with Crippen LogP contribution in [0.2, 0.25) is 0 Å². The van der Waals surface area contributed by atoms with Gasteiger partial charge in [-0.3, -0.25) is 9.69 Å². The number of carbonyl (C=O) groups is 1. The minimum absolute atomic E-state index is 0.207. The number of carboxylic acid groups (broad SMARTS) is 1. The highest BCUT2D eigenvalue weighted by Gasteiger charge is 2.30. The number of benzene rings is 1. The highest BCUT2D eigenvalue weighted by atomic mass is 79.9. The Hall–Kier alpha value is -0.870. The molecule has 1 aromatic rings. The lowest BCUT2D eigenvalue weighted by Crippen LogP contribution is -2.45. The monoisotopic (exact) mass is 339 g/mol. The van der Waals surface area contributed by atoms with Crippen LogP contribution in [0.1, 0.15) is 38.2 Å². The summed E-state index contributed by atoms with van der Waals surface area (Å²) in [4.78, 5) is 13.5. The van der Waals surface area contributed by atoms with E-state index in [4.69, 9.17) is 0 Å². The average Bonchev–Trinajstić information content (AvgIpc) is 2.41. The predicted octanol–water partition coefficient (Wildman–Crippen LogP) is 3.74. The topological polar surface area (TPSA) is 40.5 Å². The second-order valence-electron chi connectivity index (χ2n) is 5.87. The molecule has 0 aliphatic carbocycles. The first-order chi connectivity index (χ1) is 9.47. The molecule has 110 valence electrons. The van der Waals surface area contributed by atoms with Crippen LogP contribution in [-0.4, -0.2) is 35.1 Å². The third-order valence-corrected chi connectivity index (χ3v) is 4.78.